The van der Waals surface area contributed by atoms with Crippen LogP contribution in [0.4, 0.5) is 0 Å². The molecule has 1 aromatic carbocycles. The summed E-state index contributed by atoms with van der Waals surface area (Å²) in [6.45, 7) is 1.81. The lowest BCUT2D eigenvalue weighted by Gasteiger charge is -2.57. The third-order valence-corrected chi connectivity index (χ3v) is 8.22. The second kappa shape index (κ2) is 7.13. The first kappa shape index (κ1) is 18.0. The molecule has 0 spiro atoms. The number of nitrogens with zero attached hydrogens (tertiary/aromatic N) is 1. The predicted octanol–water partition coefficient (Wildman–Crippen LogP) is 5.88. The lowest BCUT2D eigenvalue weighted by atomic mass is 9.53. The smallest absolute Gasteiger partial charge is 0.178 e. The van der Waals surface area contributed by atoms with Gasteiger partial charge in [0.25, 0.3) is 0 Å². The molecule has 1 N–H and O–H groups in total. The van der Waals surface area contributed by atoms with E-state index in [1.165, 1.54) is 38.5 Å². The van der Waals surface area contributed by atoms with Gasteiger partial charge in [-0.1, -0.05) is 17.3 Å². The molecule has 2 aromatic heterocycles. The summed E-state index contributed by atoms with van der Waals surface area (Å²) in [5.74, 6) is 3.90. The Morgan fingerprint density at radius 1 is 1.10 bits per heavy atom. The van der Waals surface area contributed by atoms with Crippen LogP contribution in [0.5, 0.6) is 5.75 Å². The van der Waals surface area contributed by atoms with Gasteiger partial charge in [-0.3, -0.25) is 0 Å². The van der Waals surface area contributed by atoms with Crippen molar-refractivity contribution in [1.82, 2.24) is 10.5 Å². The number of nitrogens with one attached hydrogen (secondary N) is 1. The van der Waals surface area contributed by atoms with E-state index in [1.54, 1.807) is 11.3 Å². The molecule has 0 saturated heterocycles. The average molecular weight is 409 g/mol. The van der Waals surface area contributed by atoms with Gasteiger partial charge in [0.15, 0.2) is 5.58 Å². The highest BCUT2D eigenvalue weighted by Gasteiger charge is 2.50. The van der Waals surface area contributed by atoms with Crippen LogP contribution in [0.25, 0.3) is 21.5 Å². The monoisotopic (exact) mass is 408 g/mol. The van der Waals surface area contributed by atoms with Crippen LogP contribution in [0, 0.1) is 17.8 Å². The Morgan fingerprint density at radius 2 is 1.90 bits per heavy atom. The van der Waals surface area contributed by atoms with Crippen molar-refractivity contribution < 1.29 is 9.26 Å². The molecule has 0 radical (unpaired) electrons. The largest absolute Gasteiger partial charge is 0.494 e. The summed E-state index contributed by atoms with van der Waals surface area (Å²) in [7, 11) is 0. The number of ether oxygens (including phenoxy) is 1. The van der Waals surface area contributed by atoms with Crippen molar-refractivity contribution in [2.24, 2.45) is 17.8 Å². The summed E-state index contributed by atoms with van der Waals surface area (Å²) >= 11 is 1.66. The zero-order valence-corrected chi connectivity index (χ0v) is 17.5. The summed E-state index contributed by atoms with van der Waals surface area (Å²) in [5, 5.41) is 10.2. The minimum atomic E-state index is 0.452. The highest BCUT2D eigenvalue weighted by Crippen LogP contribution is 2.55. The van der Waals surface area contributed by atoms with Crippen molar-refractivity contribution in [3.05, 3.63) is 35.7 Å². The van der Waals surface area contributed by atoms with E-state index in [4.69, 9.17) is 9.26 Å². The Hall–Kier alpha value is -1.85. The van der Waals surface area contributed by atoms with Crippen molar-refractivity contribution in [3.63, 3.8) is 0 Å². The highest BCUT2D eigenvalue weighted by molar-refractivity contribution is 7.17. The van der Waals surface area contributed by atoms with E-state index in [0.29, 0.717) is 5.54 Å². The second-order valence-corrected chi connectivity index (χ2v) is 10.4. The quantitative estimate of drug-likeness (QED) is 0.496. The Balaban J connectivity index is 1.03. The molecule has 0 aliphatic heterocycles. The molecule has 0 amide bonds. The minimum absolute atomic E-state index is 0.452. The van der Waals surface area contributed by atoms with Gasteiger partial charge in [0.2, 0.25) is 0 Å². The summed E-state index contributed by atoms with van der Waals surface area (Å²) in [6, 6.07) is 10.2. The number of hydrogen-bond donors (Lipinski definition) is 1. The third-order valence-electron chi connectivity index (χ3n) is 7.32. The number of rotatable bonds is 7. The average Bonchev–Trinajstić information content (AvgIpc) is 3.30. The maximum Gasteiger partial charge on any atom is 0.178 e. The van der Waals surface area contributed by atoms with Gasteiger partial charge in [-0.15, -0.1) is 11.3 Å². The van der Waals surface area contributed by atoms with E-state index in [9.17, 15) is 0 Å². The normalized spacial score (nSPS) is 30.3. The van der Waals surface area contributed by atoms with Gasteiger partial charge in [-0.2, -0.15) is 0 Å². The van der Waals surface area contributed by atoms with E-state index in [0.717, 1.165) is 64.6 Å². The predicted molar refractivity (Wildman–Crippen MR) is 116 cm³/mol. The topological polar surface area (TPSA) is 47.3 Å². The maximum atomic E-state index is 6.06. The van der Waals surface area contributed by atoms with Gasteiger partial charge < -0.3 is 14.6 Å². The van der Waals surface area contributed by atoms with Crippen molar-refractivity contribution in [2.45, 2.75) is 50.5 Å². The Bertz CT molecular complexity index is 972. The summed E-state index contributed by atoms with van der Waals surface area (Å²) in [4.78, 5) is 0. The number of thiophene rings is 1. The fourth-order valence-corrected chi connectivity index (χ4v) is 7.35. The van der Waals surface area contributed by atoms with Crippen LogP contribution in [0.3, 0.4) is 0 Å². The van der Waals surface area contributed by atoms with E-state index >= 15 is 0 Å². The molecule has 152 valence electrons. The molecular formula is C24H28N2O2S. The molecule has 4 aliphatic carbocycles. The zero-order chi connectivity index (χ0) is 19.3. The molecule has 4 bridgehead atoms. The molecule has 4 saturated carbocycles. The van der Waals surface area contributed by atoms with Gasteiger partial charge in [0.05, 0.1) is 6.61 Å². The summed E-state index contributed by atoms with van der Waals surface area (Å²) in [6.07, 6.45) is 9.80. The second-order valence-electron chi connectivity index (χ2n) is 9.50. The van der Waals surface area contributed by atoms with Crippen LogP contribution in [0.15, 0.2) is 40.2 Å². The zero-order valence-electron chi connectivity index (χ0n) is 16.7. The van der Waals surface area contributed by atoms with E-state index in [-0.39, 0.29) is 0 Å². The van der Waals surface area contributed by atoms with Crippen LogP contribution in [0.1, 0.15) is 44.9 Å². The van der Waals surface area contributed by atoms with Gasteiger partial charge in [-0.25, -0.2) is 0 Å². The first-order valence-corrected chi connectivity index (χ1v) is 12.0. The fourth-order valence-electron chi connectivity index (χ4n) is 6.54. The van der Waals surface area contributed by atoms with Crippen molar-refractivity contribution in [1.29, 1.82) is 0 Å². The maximum absolute atomic E-state index is 6.06. The molecule has 0 unspecified atom stereocenters. The van der Waals surface area contributed by atoms with Gasteiger partial charge >= 0.3 is 0 Å². The van der Waals surface area contributed by atoms with Crippen LogP contribution >= 0.6 is 11.3 Å². The van der Waals surface area contributed by atoms with Crippen LogP contribution in [0.2, 0.25) is 0 Å². The number of hydrogen-bond acceptors (Lipinski definition) is 5. The van der Waals surface area contributed by atoms with Crippen molar-refractivity contribution in [3.8, 4) is 17.0 Å². The standard InChI is InChI=1S/C24H28N2O2S/c1-3-19(22-23-21(28-26-22)5-8-29-23)12-20(4-1)27-7-2-6-25-24-13-16-9-17(14-24)11-18(10-16)15-24/h1,3-5,8,12,16-18,25H,2,6-7,9-11,13-15H2. The molecule has 3 aromatic rings. The molecule has 4 fully saturated rings. The van der Waals surface area contributed by atoms with Gasteiger partial charge in [0, 0.05) is 11.1 Å². The molecule has 4 nitrogen and oxygen atoms in total. The first-order chi connectivity index (χ1) is 14.3. The lowest BCUT2D eigenvalue weighted by Crippen LogP contribution is -2.58. The fraction of sp³-hybridized carbons (Fsp3) is 0.542. The Morgan fingerprint density at radius 3 is 2.69 bits per heavy atom. The molecule has 29 heavy (non-hydrogen) atoms. The number of fused-ring (bicyclic) bond motifs is 1. The van der Waals surface area contributed by atoms with Crippen LogP contribution < -0.4 is 10.1 Å². The molecule has 7 rings (SSSR count). The molecule has 5 heteroatoms. The van der Waals surface area contributed by atoms with E-state index in [2.05, 4.69) is 22.6 Å². The van der Waals surface area contributed by atoms with Gasteiger partial charge in [-0.05, 0) is 92.8 Å². The van der Waals surface area contributed by atoms with E-state index in [1.807, 2.05) is 23.6 Å². The SMILES string of the molecule is c1cc(OCCCNC23CC4CC(CC(C4)C2)C3)cc(-c2noc3ccsc23)c1. The van der Waals surface area contributed by atoms with E-state index < -0.39 is 0 Å². The first-order valence-electron chi connectivity index (χ1n) is 11.1. The van der Waals surface area contributed by atoms with Crippen LogP contribution in [-0.4, -0.2) is 23.8 Å². The Kier molecular flexibility index (Phi) is 4.42. The molecule has 0 atom stereocenters. The van der Waals surface area contributed by atoms with Gasteiger partial charge in [0.1, 0.15) is 16.1 Å². The van der Waals surface area contributed by atoms with Crippen LogP contribution in [-0.2, 0) is 0 Å². The van der Waals surface area contributed by atoms with Crippen molar-refractivity contribution in [2.75, 3.05) is 13.2 Å². The lowest BCUT2D eigenvalue weighted by molar-refractivity contribution is -0.0198. The minimum Gasteiger partial charge on any atom is -0.494 e. The Labute approximate surface area is 175 Å². The summed E-state index contributed by atoms with van der Waals surface area (Å²) in [5.41, 5.74) is 3.26. The molecule has 2 heterocycles. The third kappa shape index (κ3) is 3.38. The molecular weight excluding hydrogens is 380 g/mol. The number of aromatic nitrogens is 1. The highest BCUT2D eigenvalue weighted by atomic mass is 32.1. The summed E-state index contributed by atoms with van der Waals surface area (Å²) < 4.78 is 12.6. The number of benzene rings is 1. The van der Waals surface area contributed by atoms with Crippen molar-refractivity contribution >= 4 is 21.6 Å². The molecule has 4 aliphatic rings.